The molecule has 2 aliphatic heterocycles. The minimum atomic E-state index is -0.892. The number of hydrogen-bond donors (Lipinski definition) is 1. The molecule has 1 saturated carbocycles. The van der Waals surface area contributed by atoms with Crippen molar-refractivity contribution in [3.63, 3.8) is 0 Å². The summed E-state index contributed by atoms with van der Waals surface area (Å²) < 4.78 is 7.31. The number of ether oxygens (including phenoxy) is 1. The van der Waals surface area contributed by atoms with Crippen molar-refractivity contribution in [1.82, 2.24) is 14.7 Å². The third-order valence-electron chi connectivity index (χ3n) is 5.65. The van der Waals surface area contributed by atoms with E-state index in [0.29, 0.717) is 31.7 Å². The largest absolute Gasteiger partial charge is 0.480 e. The van der Waals surface area contributed by atoms with E-state index in [0.717, 1.165) is 26.0 Å². The average Bonchev–Trinajstić information content (AvgIpc) is 3.06. The van der Waals surface area contributed by atoms with Crippen LogP contribution in [0.1, 0.15) is 25.7 Å². The molecule has 4 rings (SSSR count). The Morgan fingerprint density at radius 1 is 1.32 bits per heavy atom. The number of aromatic nitrogens is 2. The van der Waals surface area contributed by atoms with Crippen molar-refractivity contribution in [2.75, 3.05) is 31.2 Å². The van der Waals surface area contributed by atoms with Gasteiger partial charge in [0.05, 0.1) is 25.1 Å². The first-order valence-electron chi connectivity index (χ1n) is 8.85. The minimum absolute atomic E-state index is 0.0179. The molecule has 8 heteroatoms. The van der Waals surface area contributed by atoms with Gasteiger partial charge in [-0.15, -0.1) is 0 Å². The molecule has 2 saturated heterocycles. The van der Waals surface area contributed by atoms with Crippen molar-refractivity contribution in [1.29, 1.82) is 0 Å². The van der Waals surface area contributed by atoms with Crippen LogP contribution in [0.5, 0.6) is 0 Å². The molecule has 1 aromatic rings. The first kappa shape index (κ1) is 16.4. The van der Waals surface area contributed by atoms with E-state index in [-0.39, 0.29) is 11.3 Å². The van der Waals surface area contributed by atoms with E-state index in [1.54, 1.807) is 29.0 Å². The minimum Gasteiger partial charge on any atom is -0.480 e. The Kier molecular flexibility index (Phi) is 3.94. The summed E-state index contributed by atoms with van der Waals surface area (Å²) in [5, 5.41) is 13.7. The third-order valence-corrected chi connectivity index (χ3v) is 5.65. The van der Waals surface area contributed by atoms with Gasteiger partial charge in [0.15, 0.2) is 0 Å². The Bertz CT molecular complexity index is 684. The van der Waals surface area contributed by atoms with Crippen LogP contribution in [0.2, 0.25) is 0 Å². The normalized spacial score (nSPS) is 28.2. The number of carboxylic acids is 1. The molecule has 1 amide bonds. The Morgan fingerprint density at radius 2 is 2.08 bits per heavy atom. The van der Waals surface area contributed by atoms with Gasteiger partial charge in [-0.1, -0.05) is 0 Å². The molecule has 0 aromatic carbocycles. The first-order valence-corrected chi connectivity index (χ1v) is 8.85. The molecule has 1 aromatic heterocycles. The van der Waals surface area contributed by atoms with Crippen LogP contribution in [0.15, 0.2) is 12.4 Å². The lowest BCUT2D eigenvalue weighted by Gasteiger charge is -2.33. The lowest BCUT2D eigenvalue weighted by atomic mass is 10.1. The summed E-state index contributed by atoms with van der Waals surface area (Å²) in [4.78, 5) is 28.6. The molecule has 1 spiro atoms. The molecule has 1 N–H and O–H groups in total. The Labute approximate surface area is 146 Å². The molecule has 1 aliphatic carbocycles. The van der Waals surface area contributed by atoms with Gasteiger partial charge in [0.1, 0.15) is 12.1 Å². The fraction of sp³-hybridized carbons (Fsp3) is 0.706. The number of carbonyl (C=O) groups excluding carboxylic acids is 1. The smallest absolute Gasteiger partial charge is 0.326 e. The number of carboxylic acid groups (broad SMARTS) is 1. The molecule has 2 unspecified atom stereocenters. The van der Waals surface area contributed by atoms with Gasteiger partial charge in [-0.05, 0) is 25.7 Å². The number of carbonyl (C=O) groups is 2. The Balaban J connectivity index is 1.58. The number of amides is 1. The molecular formula is C17H24N4O4. The van der Waals surface area contributed by atoms with Crippen molar-refractivity contribution in [3.05, 3.63) is 12.4 Å². The average molecular weight is 348 g/mol. The van der Waals surface area contributed by atoms with Crippen molar-refractivity contribution in [2.45, 2.75) is 37.8 Å². The number of nitrogens with zero attached hydrogens (tertiary/aromatic N) is 4. The maximum Gasteiger partial charge on any atom is 0.326 e. The SMILES string of the molecule is Cn1cc(N2C(C(=O)O)CCC2C(=O)N2CCOCC3(CC3)C2)cn1. The summed E-state index contributed by atoms with van der Waals surface area (Å²) in [5.74, 6) is -0.874. The highest BCUT2D eigenvalue weighted by molar-refractivity contribution is 5.90. The highest BCUT2D eigenvalue weighted by atomic mass is 16.5. The highest BCUT2D eigenvalue weighted by Gasteiger charge is 2.49. The Hall–Kier alpha value is -2.09. The first-order chi connectivity index (χ1) is 12.0. The highest BCUT2D eigenvalue weighted by Crippen LogP contribution is 2.47. The number of aryl methyl sites for hydroxylation is 1. The van der Waals surface area contributed by atoms with E-state index >= 15 is 0 Å². The van der Waals surface area contributed by atoms with Gasteiger partial charge in [-0.3, -0.25) is 9.48 Å². The van der Waals surface area contributed by atoms with E-state index in [4.69, 9.17) is 4.74 Å². The van der Waals surface area contributed by atoms with E-state index < -0.39 is 18.1 Å². The molecule has 0 bridgehead atoms. The monoisotopic (exact) mass is 348 g/mol. The second kappa shape index (κ2) is 6.01. The summed E-state index contributed by atoms with van der Waals surface area (Å²) in [6.07, 6.45) is 6.63. The molecular weight excluding hydrogens is 324 g/mol. The summed E-state index contributed by atoms with van der Waals surface area (Å²) in [6.45, 7) is 2.58. The van der Waals surface area contributed by atoms with Crippen molar-refractivity contribution in [3.8, 4) is 0 Å². The predicted octanol–water partition coefficient (Wildman–Crippen LogP) is 0.481. The zero-order valence-corrected chi connectivity index (χ0v) is 14.4. The van der Waals surface area contributed by atoms with Gasteiger partial charge in [0, 0.05) is 31.7 Å². The summed E-state index contributed by atoms with van der Waals surface area (Å²) in [5.41, 5.74) is 0.828. The standard InChI is InChI=1S/C17H24N4O4/c1-19-9-12(8-18-19)21-13(2-3-14(21)16(23)24)15(22)20-6-7-25-11-17(10-20)4-5-17/h8-9,13-14H,2-7,10-11H2,1H3,(H,23,24). The van der Waals surface area contributed by atoms with E-state index in [1.165, 1.54) is 0 Å². The second-order valence-electron chi connectivity index (χ2n) is 7.54. The molecule has 3 aliphatic rings. The molecule has 8 nitrogen and oxygen atoms in total. The van der Waals surface area contributed by atoms with Crippen LogP contribution < -0.4 is 4.90 Å². The molecule has 0 radical (unpaired) electrons. The molecule has 136 valence electrons. The van der Waals surface area contributed by atoms with Gasteiger partial charge in [-0.2, -0.15) is 5.10 Å². The molecule has 3 heterocycles. The number of rotatable bonds is 3. The fourth-order valence-corrected chi connectivity index (χ4v) is 4.07. The van der Waals surface area contributed by atoms with E-state index in [2.05, 4.69) is 5.10 Å². The second-order valence-corrected chi connectivity index (χ2v) is 7.54. The van der Waals surface area contributed by atoms with Gasteiger partial charge in [0.2, 0.25) is 5.91 Å². The van der Waals surface area contributed by atoms with Crippen molar-refractivity contribution < 1.29 is 19.4 Å². The fourth-order valence-electron chi connectivity index (χ4n) is 4.07. The maximum absolute atomic E-state index is 13.2. The zero-order chi connectivity index (χ0) is 17.6. The van der Waals surface area contributed by atoms with Gasteiger partial charge in [-0.25, -0.2) is 4.79 Å². The van der Waals surface area contributed by atoms with Crippen LogP contribution >= 0.6 is 0 Å². The summed E-state index contributed by atoms with van der Waals surface area (Å²) in [6, 6.07) is -1.13. The maximum atomic E-state index is 13.2. The number of anilines is 1. The van der Waals surface area contributed by atoms with Crippen LogP contribution in [-0.2, 0) is 21.4 Å². The van der Waals surface area contributed by atoms with Crippen LogP contribution in [0.25, 0.3) is 0 Å². The quantitative estimate of drug-likeness (QED) is 0.855. The van der Waals surface area contributed by atoms with E-state index in [9.17, 15) is 14.7 Å². The Morgan fingerprint density at radius 3 is 2.72 bits per heavy atom. The zero-order valence-electron chi connectivity index (χ0n) is 14.4. The topological polar surface area (TPSA) is 87.9 Å². The van der Waals surface area contributed by atoms with Gasteiger partial charge >= 0.3 is 5.97 Å². The van der Waals surface area contributed by atoms with Crippen LogP contribution in [0.3, 0.4) is 0 Å². The van der Waals surface area contributed by atoms with Crippen LogP contribution in [-0.4, -0.2) is 70.1 Å². The van der Waals surface area contributed by atoms with Crippen LogP contribution in [0, 0.1) is 5.41 Å². The number of aliphatic carboxylic acids is 1. The third kappa shape index (κ3) is 2.99. The molecule has 25 heavy (non-hydrogen) atoms. The van der Waals surface area contributed by atoms with Crippen molar-refractivity contribution in [2.24, 2.45) is 12.5 Å². The van der Waals surface area contributed by atoms with Crippen LogP contribution in [0.4, 0.5) is 5.69 Å². The lowest BCUT2D eigenvalue weighted by molar-refractivity contribution is -0.138. The molecule has 3 fully saturated rings. The lowest BCUT2D eigenvalue weighted by Crippen LogP contribution is -2.51. The van der Waals surface area contributed by atoms with Gasteiger partial charge in [0.25, 0.3) is 0 Å². The van der Waals surface area contributed by atoms with Gasteiger partial charge < -0.3 is 19.6 Å². The summed E-state index contributed by atoms with van der Waals surface area (Å²) in [7, 11) is 1.79. The summed E-state index contributed by atoms with van der Waals surface area (Å²) >= 11 is 0. The van der Waals surface area contributed by atoms with Crippen molar-refractivity contribution >= 4 is 17.6 Å². The number of hydrogen-bond acceptors (Lipinski definition) is 5. The predicted molar refractivity (Wildman–Crippen MR) is 89.2 cm³/mol. The molecule has 2 atom stereocenters. The van der Waals surface area contributed by atoms with E-state index in [1.807, 2.05) is 4.90 Å².